The van der Waals surface area contributed by atoms with Crippen molar-refractivity contribution >= 4 is 17.8 Å². The molecule has 1 heterocycles. The molecular weight excluding hydrogens is 146 g/mol. The number of hydrogen-bond acceptors (Lipinski definition) is 3. The van der Waals surface area contributed by atoms with Gasteiger partial charge in [0, 0.05) is 5.38 Å². The second-order valence-corrected chi connectivity index (χ2v) is 2.46. The molecule has 0 atom stereocenters. The SMILES string of the molecule is C=CCc1csnc1C=O. The van der Waals surface area contributed by atoms with E-state index in [1.165, 1.54) is 11.5 Å². The summed E-state index contributed by atoms with van der Waals surface area (Å²) in [4.78, 5) is 10.3. The number of allylic oxidation sites excluding steroid dienone is 1. The van der Waals surface area contributed by atoms with Crippen molar-refractivity contribution in [3.05, 3.63) is 29.3 Å². The van der Waals surface area contributed by atoms with Crippen molar-refractivity contribution in [2.45, 2.75) is 6.42 Å². The molecule has 0 bridgehead atoms. The van der Waals surface area contributed by atoms with E-state index in [1.807, 2.05) is 5.38 Å². The highest BCUT2D eigenvalue weighted by molar-refractivity contribution is 7.03. The lowest BCUT2D eigenvalue weighted by atomic mass is 10.2. The highest BCUT2D eigenvalue weighted by Gasteiger charge is 2.00. The Balaban J connectivity index is 2.89. The minimum atomic E-state index is 0.546. The van der Waals surface area contributed by atoms with Crippen molar-refractivity contribution in [2.75, 3.05) is 0 Å². The minimum absolute atomic E-state index is 0.546. The highest BCUT2D eigenvalue weighted by atomic mass is 32.1. The molecular formula is C7H7NOS. The second kappa shape index (κ2) is 3.27. The van der Waals surface area contributed by atoms with Gasteiger partial charge in [0.25, 0.3) is 0 Å². The van der Waals surface area contributed by atoms with E-state index in [-0.39, 0.29) is 0 Å². The summed E-state index contributed by atoms with van der Waals surface area (Å²) in [5.74, 6) is 0. The molecule has 0 amide bonds. The van der Waals surface area contributed by atoms with Gasteiger partial charge in [0.2, 0.25) is 0 Å². The molecule has 0 saturated carbocycles. The molecule has 0 aliphatic heterocycles. The molecule has 1 aromatic heterocycles. The van der Waals surface area contributed by atoms with E-state index in [0.717, 1.165) is 18.3 Å². The third-order valence-corrected chi connectivity index (χ3v) is 1.84. The first-order valence-electron chi connectivity index (χ1n) is 2.87. The van der Waals surface area contributed by atoms with Gasteiger partial charge in [-0.05, 0) is 23.5 Å². The van der Waals surface area contributed by atoms with Crippen LogP contribution in [0.2, 0.25) is 0 Å². The highest BCUT2D eigenvalue weighted by Crippen LogP contribution is 2.08. The van der Waals surface area contributed by atoms with E-state index in [0.29, 0.717) is 5.69 Å². The number of aldehydes is 1. The number of nitrogens with zero attached hydrogens (tertiary/aromatic N) is 1. The van der Waals surface area contributed by atoms with E-state index in [9.17, 15) is 4.79 Å². The summed E-state index contributed by atoms with van der Waals surface area (Å²) >= 11 is 1.30. The van der Waals surface area contributed by atoms with Crippen LogP contribution in [0.15, 0.2) is 18.0 Å². The summed E-state index contributed by atoms with van der Waals surface area (Å²) in [6.07, 6.45) is 3.26. The van der Waals surface area contributed by atoms with E-state index in [1.54, 1.807) is 6.08 Å². The second-order valence-electron chi connectivity index (χ2n) is 1.84. The third kappa shape index (κ3) is 1.30. The average Bonchev–Trinajstić information content (AvgIpc) is 2.36. The van der Waals surface area contributed by atoms with Gasteiger partial charge in [-0.2, -0.15) is 4.37 Å². The quantitative estimate of drug-likeness (QED) is 0.488. The lowest BCUT2D eigenvalue weighted by Gasteiger charge is -1.86. The predicted octanol–water partition coefficient (Wildman–Crippen LogP) is 1.68. The molecule has 0 aliphatic rings. The molecule has 0 spiro atoms. The van der Waals surface area contributed by atoms with Crippen LogP contribution in [0, 0.1) is 0 Å². The number of carbonyl (C=O) groups is 1. The van der Waals surface area contributed by atoms with Gasteiger partial charge < -0.3 is 0 Å². The Labute approximate surface area is 63.4 Å². The maximum absolute atomic E-state index is 10.3. The van der Waals surface area contributed by atoms with E-state index in [4.69, 9.17) is 0 Å². The first-order valence-corrected chi connectivity index (χ1v) is 3.71. The van der Waals surface area contributed by atoms with Crippen molar-refractivity contribution in [2.24, 2.45) is 0 Å². The Bertz CT molecular complexity index is 242. The molecule has 0 fully saturated rings. The van der Waals surface area contributed by atoms with Gasteiger partial charge in [-0.15, -0.1) is 6.58 Å². The lowest BCUT2D eigenvalue weighted by Crippen LogP contribution is -1.85. The third-order valence-electron chi connectivity index (χ3n) is 1.15. The maximum atomic E-state index is 10.3. The topological polar surface area (TPSA) is 30.0 Å². The lowest BCUT2D eigenvalue weighted by molar-refractivity contribution is 0.111. The Hall–Kier alpha value is -0.960. The van der Waals surface area contributed by atoms with E-state index >= 15 is 0 Å². The van der Waals surface area contributed by atoms with Crippen molar-refractivity contribution in [1.29, 1.82) is 0 Å². The van der Waals surface area contributed by atoms with Crippen LogP contribution in [0.25, 0.3) is 0 Å². The predicted molar refractivity (Wildman–Crippen MR) is 41.4 cm³/mol. The van der Waals surface area contributed by atoms with Gasteiger partial charge >= 0.3 is 0 Å². The van der Waals surface area contributed by atoms with Crippen molar-refractivity contribution in [3.8, 4) is 0 Å². The smallest absolute Gasteiger partial charge is 0.169 e. The maximum Gasteiger partial charge on any atom is 0.169 e. The molecule has 0 saturated heterocycles. The van der Waals surface area contributed by atoms with Gasteiger partial charge in [0.1, 0.15) is 5.69 Å². The van der Waals surface area contributed by atoms with Crippen LogP contribution in [0.1, 0.15) is 16.1 Å². The molecule has 10 heavy (non-hydrogen) atoms. The number of rotatable bonds is 3. The van der Waals surface area contributed by atoms with Gasteiger partial charge in [0.15, 0.2) is 6.29 Å². The zero-order valence-electron chi connectivity index (χ0n) is 5.41. The molecule has 0 aromatic carbocycles. The van der Waals surface area contributed by atoms with Crippen molar-refractivity contribution in [1.82, 2.24) is 4.37 Å². The summed E-state index contributed by atoms with van der Waals surface area (Å²) in [5.41, 5.74) is 1.51. The van der Waals surface area contributed by atoms with Gasteiger partial charge in [0.05, 0.1) is 0 Å². The van der Waals surface area contributed by atoms with Crippen LogP contribution >= 0.6 is 11.5 Å². The molecule has 0 unspecified atom stereocenters. The largest absolute Gasteiger partial charge is 0.296 e. The Kier molecular flexibility index (Phi) is 2.34. The monoisotopic (exact) mass is 153 g/mol. The number of carbonyl (C=O) groups excluding carboxylic acids is 1. The van der Waals surface area contributed by atoms with Gasteiger partial charge in [-0.1, -0.05) is 6.08 Å². The summed E-state index contributed by atoms with van der Waals surface area (Å²) in [5, 5.41) is 1.87. The van der Waals surface area contributed by atoms with Crippen LogP contribution in [0.3, 0.4) is 0 Å². The van der Waals surface area contributed by atoms with E-state index < -0.39 is 0 Å². The van der Waals surface area contributed by atoms with Crippen LogP contribution in [0.4, 0.5) is 0 Å². The fraction of sp³-hybridized carbons (Fsp3) is 0.143. The summed E-state index contributed by atoms with van der Waals surface area (Å²) in [7, 11) is 0. The molecule has 1 rings (SSSR count). The molecule has 0 radical (unpaired) electrons. The fourth-order valence-corrected chi connectivity index (χ4v) is 1.34. The van der Waals surface area contributed by atoms with E-state index in [2.05, 4.69) is 11.0 Å². The molecule has 52 valence electrons. The Morgan fingerprint density at radius 3 is 3.20 bits per heavy atom. The zero-order valence-corrected chi connectivity index (χ0v) is 6.23. The summed E-state index contributed by atoms with van der Waals surface area (Å²) in [6.45, 7) is 3.57. The van der Waals surface area contributed by atoms with Gasteiger partial charge in [-0.3, -0.25) is 4.79 Å². The van der Waals surface area contributed by atoms with Crippen LogP contribution in [0.5, 0.6) is 0 Å². The fourth-order valence-electron chi connectivity index (χ4n) is 0.671. The molecule has 2 nitrogen and oxygen atoms in total. The standard InChI is InChI=1S/C7H7NOS/c1-2-3-6-5-10-8-7(6)4-9/h2,4-5H,1,3H2. The van der Waals surface area contributed by atoms with Crippen molar-refractivity contribution < 1.29 is 4.79 Å². The zero-order chi connectivity index (χ0) is 7.40. The van der Waals surface area contributed by atoms with Crippen LogP contribution in [-0.2, 0) is 6.42 Å². The first kappa shape index (κ1) is 7.15. The molecule has 1 aromatic rings. The molecule has 0 aliphatic carbocycles. The minimum Gasteiger partial charge on any atom is -0.296 e. The summed E-state index contributed by atoms with van der Waals surface area (Å²) in [6, 6.07) is 0. The number of aromatic nitrogens is 1. The molecule has 3 heteroatoms. The van der Waals surface area contributed by atoms with Crippen LogP contribution in [-0.4, -0.2) is 10.7 Å². The normalized spacial score (nSPS) is 9.20. The van der Waals surface area contributed by atoms with Crippen LogP contribution < -0.4 is 0 Å². The molecule has 0 N–H and O–H groups in total. The Morgan fingerprint density at radius 1 is 1.80 bits per heavy atom. The van der Waals surface area contributed by atoms with Gasteiger partial charge in [-0.25, -0.2) is 0 Å². The summed E-state index contributed by atoms with van der Waals surface area (Å²) < 4.78 is 3.88. The Morgan fingerprint density at radius 2 is 2.60 bits per heavy atom. The first-order chi connectivity index (χ1) is 4.88. The number of hydrogen-bond donors (Lipinski definition) is 0. The average molecular weight is 153 g/mol. The van der Waals surface area contributed by atoms with Crippen molar-refractivity contribution in [3.63, 3.8) is 0 Å².